The van der Waals surface area contributed by atoms with Gasteiger partial charge in [-0.05, 0) is 48.5 Å². The summed E-state index contributed by atoms with van der Waals surface area (Å²) < 4.78 is 15.3. The van der Waals surface area contributed by atoms with Crippen LogP contribution in [-0.4, -0.2) is 25.5 Å². The quantitative estimate of drug-likeness (QED) is 0.474. The van der Waals surface area contributed by atoms with E-state index in [4.69, 9.17) is 5.73 Å². The van der Waals surface area contributed by atoms with E-state index in [1.807, 2.05) is 34.9 Å². The lowest BCUT2D eigenvalue weighted by Crippen LogP contribution is -2.10. The topological polar surface area (TPSA) is 89.1 Å². The third-order valence-electron chi connectivity index (χ3n) is 5.05. The molecule has 0 aliphatic rings. The van der Waals surface area contributed by atoms with Crippen molar-refractivity contribution in [2.45, 2.75) is 0 Å². The molecule has 0 saturated heterocycles. The molecule has 5 aromatic rings. The Labute approximate surface area is 170 Å². The van der Waals surface area contributed by atoms with E-state index in [9.17, 15) is 9.18 Å². The number of aromatic amines is 1. The molecule has 0 unspecified atom stereocenters. The number of nitrogens with two attached hydrogens (primary N) is 1. The number of hydrogen-bond donors (Lipinski definition) is 2. The molecule has 0 aliphatic carbocycles. The highest BCUT2D eigenvalue weighted by Crippen LogP contribution is 2.31. The Hall–Kier alpha value is -4.26. The highest BCUT2D eigenvalue weighted by Gasteiger charge is 2.13. The SMILES string of the molecule is NC(=O)c1ccc(-c2cnc3ccc(-c4cn[nH]c4-c4ccc(F)cc4)cn23)cc1. The molecule has 2 aromatic carbocycles. The Morgan fingerprint density at radius 1 is 0.900 bits per heavy atom. The summed E-state index contributed by atoms with van der Waals surface area (Å²) in [6.45, 7) is 0. The van der Waals surface area contributed by atoms with Gasteiger partial charge in [-0.2, -0.15) is 5.10 Å². The summed E-state index contributed by atoms with van der Waals surface area (Å²) in [5.41, 5.74) is 11.9. The van der Waals surface area contributed by atoms with Crippen LogP contribution >= 0.6 is 0 Å². The van der Waals surface area contributed by atoms with Crippen molar-refractivity contribution in [1.82, 2.24) is 19.6 Å². The van der Waals surface area contributed by atoms with Gasteiger partial charge in [-0.25, -0.2) is 9.37 Å². The van der Waals surface area contributed by atoms with Gasteiger partial charge in [0.05, 0.1) is 23.8 Å². The summed E-state index contributed by atoms with van der Waals surface area (Å²) in [7, 11) is 0. The van der Waals surface area contributed by atoms with Gasteiger partial charge in [-0.15, -0.1) is 0 Å². The van der Waals surface area contributed by atoms with Crippen LogP contribution in [0.15, 0.2) is 79.3 Å². The first kappa shape index (κ1) is 17.8. The van der Waals surface area contributed by atoms with E-state index in [1.165, 1.54) is 12.1 Å². The van der Waals surface area contributed by atoms with Crippen LogP contribution in [0.5, 0.6) is 0 Å². The van der Waals surface area contributed by atoms with Crippen LogP contribution in [0.25, 0.3) is 39.3 Å². The number of aromatic nitrogens is 4. The monoisotopic (exact) mass is 397 g/mol. The second-order valence-electron chi connectivity index (χ2n) is 6.90. The number of fused-ring (bicyclic) bond motifs is 1. The van der Waals surface area contributed by atoms with Crippen molar-refractivity contribution < 1.29 is 9.18 Å². The van der Waals surface area contributed by atoms with Crippen LogP contribution in [0.2, 0.25) is 0 Å². The molecule has 3 aromatic heterocycles. The third kappa shape index (κ3) is 3.02. The van der Waals surface area contributed by atoms with Crippen molar-refractivity contribution in [3.05, 3.63) is 90.6 Å². The summed E-state index contributed by atoms with van der Waals surface area (Å²) in [5.74, 6) is -0.748. The molecular weight excluding hydrogens is 381 g/mol. The van der Waals surface area contributed by atoms with Gasteiger partial charge in [0.25, 0.3) is 0 Å². The highest BCUT2D eigenvalue weighted by atomic mass is 19.1. The van der Waals surface area contributed by atoms with Crippen LogP contribution in [0.1, 0.15) is 10.4 Å². The lowest BCUT2D eigenvalue weighted by Gasteiger charge is -2.07. The Bertz CT molecular complexity index is 1370. The summed E-state index contributed by atoms with van der Waals surface area (Å²) in [4.78, 5) is 15.8. The summed E-state index contributed by atoms with van der Waals surface area (Å²) >= 11 is 0. The Morgan fingerprint density at radius 3 is 2.33 bits per heavy atom. The smallest absolute Gasteiger partial charge is 0.248 e. The third-order valence-corrected chi connectivity index (χ3v) is 5.05. The minimum absolute atomic E-state index is 0.286. The summed E-state index contributed by atoms with van der Waals surface area (Å²) in [6, 6.07) is 17.3. The molecule has 1 amide bonds. The first-order valence-electron chi connectivity index (χ1n) is 9.27. The van der Waals surface area contributed by atoms with Crippen molar-refractivity contribution >= 4 is 11.6 Å². The van der Waals surface area contributed by atoms with Gasteiger partial charge in [0, 0.05) is 34.0 Å². The van der Waals surface area contributed by atoms with Crippen molar-refractivity contribution in [1.29, 1.82) is 0 Å². The first-order chi connectivity index (χ1) is 14.6. The predicted molar refractivity (Wildman–Crippen MR) is 112 cm³/mol. The standard InChI is InChI=1S/C23H16FN5O/c24-18-8-5-15(6-9-18)22-19(11-27-28-22)17-7-10-21-26-12-20(29(21)13-17)14-1-3-16(4-2-14)23(25)30/h1-13H,(H2,25,30)(H,27,28). The molecule has 0 spiro atoms. The van der Waals surface area contributed by atoms with E-state index in [0.29, 0.717) is 5.56 Å². The van der Waals surface area contributed by atoms with E-state index in [1.54, 1.807) is 36.7 Å². The number of nitrogens with zero attached hydrogens (tertiary/aromatic N) is 3. The zero-order valence-corrected chi connectivity index (χ0v) is 15.7. The minimum atomic E-state index is -0.463. The number of carbonyl (C=O) groups is 1. The molecule has 0 aliphatic heterocycles. The molecule has 5 rings (SSSR count). The van der Waals surface area contributed by atoms with Crippen molar-refractivity contribution in [3.8, 4) is 33.6 Å². The van der Waals surface area contributed by atoms with Crippen molar-refractivity contribution in [2.24, 2.45) is 5.73 Å². The summed E-state index contributed by atoms with van der Waals surface area (Å²) in [6.07, 6.45) is 5.52. The zero-order valence-electron chi connectivity index (χ0n) is 15.7. The Morgan fingerprint density at radius 2 is 1.60 bits per heavy atom. The number of amides is 1. The van der Waals surface area contributed by atoms with E-state index in [2.05, 4.69) is 15.2 Å². The number of H-pyrrole nitrogens is 1. The van der Waals surface area contributed by atoms with E-state index in [0.717, 1.165) is 39.3 Å². The second-order valence-corrected chi connectivity index (χ2v) is 6.90. The summed E-state index contributed by atoms with van der Waals surface area (Å²) in [5, 5.41) is 7.19. The maximum absolute atomic E-state index is 13.3. The molecular formula is C23H16FN5O. The average molecular weight is 397 g/mol. The molecule has 0 fully saturated rings. The lowest BCUT2D eigenvalue weighted by atomic mass is 10.0. The van der Waals surface area contributed by atoms with E-state index >= 15 is 0 Å². The number of benzene rings is 2. The van der Waals surface area contributed by atoms with E-state index < -0.39 is 5.91 Å². The average Bonchev–Trinajstić information content (AvgIpc) is 3.41. The molecule has 6 nitrogen and oxygen atoms in total. The maximum atomic E-state index is 13.3. The van der Waals surface area contributed by atoms with Gasteiger partial charge in [0.15, 0.2) is 0 Å². The number of imidazole rings is 1. The van der Waals surface area contributed by atoms with Gasteiger partial charge in [-0.3, -0.25) is 14.3 Å². The molecule has 3 N–H and O–H groups in total. The number of rotatable bonds is 4. The lowest BCUT2D eigenvalue weighted by molar-refractivity contribution is 0.100. The Kier molecular flexibility index (Phi) is 4.14. The molecule has 3 heterocycles. The van der Waals surface area contributed by atoms with Crippen molar-refractivity contribution in [2.75, 3.05) is 0 Å². The van der Waals surface area contributed by atoms with Crippen molar-refractivity contribution in [3.63, 3.8) is 0 Å². The molecule has 7 heteroatoms. The van der Waals surface area contributed by atoms with Crippen LogP contribution in [-0.2, 0) is 0 Å². The molecule has 0 atom stereocenters. The molecule has 0 radical (unpaired) electrons. The number of nitrogens with one attached hydrogen (secondary N) is 1. The minimum Gasteiger partial charge on any atom is -0.366 e. The highest BCUT2D eigenvalue weighted by molar-refractivity contribution is 5.93. The number of primary amides is 1. The molecule has 0 bridgehead atoms. The normalized spacial score (nSPS) is 11.1. The molecule has 0 saturated carbocycles. The maximum Gasteiger partial charge on any atom is 0.248 e. The largest absolute Gasteiger partial charge is 0.366 e. The van der Waals surface area contributed by atoms with Crippen LogP contribution in [0.3, 0.4) is 0 Å². The van der Waals surface area contributed by atoms with Crippen LogP contribution < -0.4 is 5.73 Å². The van der Waals surface area contributed by atoms with Gasteiger partial charge in [0.1, 0.15) is 11.5 Å². The van der Waals surface area contributed by atoms with Crippen LogP contribution in [0.4, 0.5) is 4.39 Å². The molecule has 146 valence electrons. The fraction of sp³-hybridized carbons (Fsp3) is 0. The van der Waals surface area contributed by atoms with E-state index in [-0.39, 0.29) is 5.82 Å². The number of halogens is 1. The molecule has 30 heavy (non-hydrogen) atoms. The number of carbonyl (C=O) groups excluding carboxylic acids is 1. The Balaban J connectivity index is 1.60. The van der Waals surface area contributed by atoms with Crippen LogP contribution in [0, 0.1) is 5.82 Å². The number of pyridine rings is 1. The number of hydrogen-bond acceptors (Lipinski definition) is 3. The van der Waals surface area contributed by atoms with Gasteiger partial charge in [-0.1, -0.05) is 12.1 Å². The van der Waals surface area contributed by atoms with Gasteiger partial charge >= 0.3 is 0 Å². The fourth-order valence-electron chi connectivity index (χ4n) is 3.50. The van der Waals surface area contributed by atoms with Gasteiger partial charge < -0.3 is 5.73 Å². The first-order valence-corrected chi connectivity index (χ1v) is 9.27. The zero-order chi connectivity index (χ0) is 20.7. The fourth-order valence-corrected chi connectivity index (χ4v) is 3.50. The van der Waals surface area contributed by atoms with Gasteiger partial charge in [0.2, 0.25) is 5.91 Å². The second kappa shape index (κ2) is 6.97. The predicted octanol–water partition coefficient (Wildman–Crippen LogP) is 4.30.